The van der Waals surface area contributed by atoms with E-state index >= 15 is 0 Å². The molecule has 0 aliphatic heterocycles. The molecule has 0 aliphatic rings. The van der Waals surface area contributed by atoms with Crippen LogP contribution in [0.1, 0.15) is 41.0 Å². The van der Waals surface area contributed by atoms with Crippen LogP contribution in [0.4, 0.5) is 4.79 Å². The number of methoxy groups -OCH3 is 1. The SMILES string of the molecule is COC(=O)C=CC(CC(C)C)NC(=O)OC(C)(C)C. The smallest absolute Gasteiger partial charge is 0.408 e. The summed E-state index contributed by atoms with van der Waals surface area (Å²) in [6.45, 7) is 9.47. The van der Waals surface area contributed by atoms with Crippen molar-refractivity contribution >= 4 is 12.1 Å². The first kappa shape index (κ1) is 17.5. The van der Waals surface area contributed by atoms with E-state index in [0.717, 1.165) is 0 Å². The molecule has 1 amide bonds. The van der Waals surface area contributed by atoms with Crippen LogP contribution in [0.25, 0.3) is 0 Å². The first-order valence-electron chi connectivity index (χ1n) is 6.39. The molecule has 1 atom stereocenters. The van der Waals surface area contributed by atoms with Gasteiger partial charge < -0.3 is 14.8 Å². The van der Waals surface area contributed by atoms with Crippen molar-refractivity contribution in [3.05, 3.63) is 12.2 Å². The van der Waals surface area contributed by atoms with Gasteiger partial charge in [-0.2, -0.15) is 0 Å². The summed E-state index contributed by atoms with van der Waals surface area (Å²) in [6.07, 6.45) is 3.15. The summed E-state index contributed by atoms with van der Waals surface area (Å²) >= 11 is 0. The molecule has 0 aromatic heterocycles. The van der Waals surface area contributed by atoms with Gasteiger partial charge in [0.25, 0.3) is 0 Å². The average molecular weight is 271 g/mol. The van der Waals surface area contributed by atoms with Gasteiger partial charge in [0.15, 0.2) is 0 Å². The van der Waals surface area contributed by atoms with Gasteiger partial charge in [-0.25, -0.2) is 9.59 Å². The molecule has 0 aromatic rings. The lowest BCUT2D eigenvalue weighted by atomic mass is 10.0. The Morgan fingerprint density at radius 1 is 1.26 bits per heavy atom. The Morgan fingerprint density at radius 3 is 2.26 bits per heavy atom. The molecule has 0 heterocycles. The zero-order chi connectivity index (χ0) is 15.1. The number of carbonyl (C=O) groups is 2. The van der Waals surface area contributed by atoms with E-state index in [1.165, 1.54) is 13.2 Å². The molecule has 0 bridgehead atoms. The van der Waals surface area contributed by atoms with E-state index in [1.807, 2.05) is 13.8 Å². The van der Waals surface area contributed by atoms with Gasteiger partial charge in [0.1, 0.15) is 5.60 Å². The van der Waals surface area contributed by atoms with Crippen molar-refractivity contribution in [1.82, 2.24) is 5.32 Å². The van der Waals surface area contributed by atoms with E-state index < -0.39 is 17.7 Å². The minimum absolute atomic E-state index is 0.256. The Bertz CT molecular complexity index is 329. The second-order valence-corrected chi connectivity index (χ2v) is 5.76. The third kappa shape index (κ3) is 10.1. The molecule has 0 radical (unpaired) electrons. The number of esters is 1. The Labute approximate surface area is 115 Å². The van der Waals surface area contributed by atoms with Gasteiger partial charge >= 0.3 is 12.1 Å². The van der Waals surface area contributed by atoms with E-state index in [2.05, 4.69) is 10.1 Å². The largest absolute Gasteiger partial charge is 0.466 e. The third-order valence-electron chi connectivity index (χ3n) is 2.09. The monoisotopic (exact) mass is 271 g/mol. The Hall–Kier alpha value is -1.52. The van der Waals surface area contributed by atoms with Gasteiger partial charge in [0.05, 0.1) is 13.2 Å². The molecule has 5 heteroatoms. The fourth-order valence-electron chi connectivity index (χ4n) is 1.42. The van der Waals surface area contributed by atoms with Crippen molar-refractivity contribution in [2.45, 2.75) is 52.7 Å². The van der Waals surface area contributed by atoms with Crippen LogP contribution in [0.15, 0.2) is 12.2 Å². The van der Waals surface area contributed by atoms with Crippen LogP contribution in [-0.2, 0) is 14.3 Å². The summed E-state index contributed by atoms with van der Waals surface area (Å²) in [5.74, 6) is -0.0676. The second-order valence-electron chi connectivity index (χ2n) is 5.76. The van der Waals surface area contributed by atoms with Crippen LogP contribution < -0.4 is 5.32 Å². The summed E-state index contributed by atoms with van der Waals surface area (Å²) in [5.41, 5.74) is -0.543. The summed E-state index contributed by atoms with van der Waals surface area (Å²) in [7, 11) is 1.31. The third-order valence-corrected chi connectivity index (χ3v) is 2.09. The normalized spacial score (nSPS) is 13.4. The number of alkyl carbamates (subject to hydrolysis) is 1. The number of ether oxygens (including phenoxy) is 2. The zero-order valence-electron chi connectivity index (χ0n) is 12.6. The molecule has 0 aliphatic carbocycles. The molecule has 1 unspecified atom stereocenters. The van der Waals surface area contributed by atoms with E-state index in [-0.39, 0.29) is 6.04 Å². The summed E-state index contributed by atoms with van der Waals surface area (Å²) in [5, 5.41) is 2.73. The van der Waals surface area contributed by atoms with Crippen LogP contribution in [-0.4, -0.2) is 30.8 Å². The predicted molar refractivity (Wildman–Crippen MR) is 73.8 cm³/mol. The minimum atomic E-state index is -0.543. The van der Waals surface area contributed by atoms with Gasteiger partial charge in [-0.3, -0.25) is 0 Å². The topological polar surface area (TPSA) is 64.6 Å². The summed E-state index contributed by atoms with van der Waals surface area (Å²) < 4.78 is 9.70. The van der Waals surface area contributed by atoms with Crippen molar-refractivity contribution in [2.24, 2.45) is 5.92 Å². The molecule has 0 rings (SSSR count). The van der Waals surface area contributed by atoms with Gasteiger partial charge in [0.2, 0.25) is 0 Å². The van der Waals surface area contributed by atoms with E-state index in [4.69, 9.17) is 4.74 Å². The highest BCUT2D eigenvalue weighted by molar-refractivity contribution is 5.82. The number of hydrogen-bond acceptors (Lipinski definition) is 4. The molecule has 0 spiro atoms. The molecule has 0 aromatic carbocycles. The predicted octanol–water partition coefficient (Wildman–Crippen LogP) is 2.66. The van der Waals surface area contributed by atoms with Crippen LogP contribution in [0.2, 0.25) is 0 Å². The summed E-state index contributed by atoms with van der Waals surface area (Å²) in [6, 6.07) is -0.256. The Morgan fingerprint density at radius 2 is 1.84 bits per heavy atom. The quantitative estimate of drug-likeness (QED) is 0.616. The minimum Gasteiger partial charge on any atom is -0.466 e. The van der Waals surface area contributed by atoms with Crippen LogP contribution in [0.3, 0.4) is 0 Å². The zero-order valence-corrected chi connectivity index (χ0v) is 12.6. The van der Waals surface area contributed by atoms with Gasteiger partial charge in [-0.05, 0) is 33.1 Å². The molecule has 0 saturated heterocycles. The highest BCUT2D eigenvalue weighted by Gasteiger charge is 2.19. The maximum absolute atomic E-state index is 11.7. The molecular formula is C14H25NO4. The number of rotatable bonds is 5. The number of hydrogen-bond donors (Lipinski definition) is 1. The number of amides is 1. The maximum atomic E-state index is 11.7. The average Bonchev–Trinajstić information content (AvgIpc) is 2.21. The first-order valence-corrected chi connectivity index (χ1v) is 6.39. The highest BCUT2D eigenvalue weighted by Crippen LogP contribution is 2.10. The van der Waals surface area contributed by atoms with Crippen molar-refractivity contribution in [1.29, 1.82) is 0 Å². The van der Waals surface area contributed by atoms with Crippen LogP contribution in [0.5, 0.6) is 0 Å². The fourth-order valence-corrected chi connectivity index (χ4v) is 1.42. The van der Waals surface area contributed by atoms with Gasteiger partial charge in [-0.1, -0.05) is 19.9 Å². The van der Waals surface area contributed by atoms with Crippen molar-refractivity contribution in [2.75, 3.05) is 7.11 Å². The summed E-state index contributed by atoms with van der Waals surface area (Å²) in [4.78, 5) is 22.7. The lowest BCUT2D eigenvalue weighted by Gasteiger charge is -2.23. The lowest BCUT2D eigenvalue weighted by molar-refractivity contribution is -0.134. The lowest BCUT2D eigenvalue weighted by Crippen LogP contribution is -2.38. The molecular weight excluding hydrogens is 246 g/mol. The molecule has 19 heavy (non-hydrogen) atoms. The van der Waals surface area contributed by atoms with Crippen molar-refractivity contribution < 1.29 is 19.1 Å². The fraction of sp³-hybridized carbons (Fsp3) is 0.714. The first-order chi connectivity index (χ1) is 8.64. The van der Waals surface area contributed by atoms with Crippen molar-refractivity contribution in [3.8, 4) is 0 Å². The standard InChI is InChI=1S/C14H25NO4/c1-10(2)9-11(7-8-12(16)18-6)15-13(17)19-14(3,4)5/h7-8,10-11H,9H2,1-6H3,(H,15,17). The Balaban J connectivity index is 4.55. The Kier molecular flexibility index (Phi) is 7.19. The number of carbonyl (C=O) groups excluding carboxylic acids is 2. The van der Waals surface area contributed by atoms with E-state index in [0.29, 0.717) is 12.3 Å². The maximum Gasteiger partial charge on any atom is 0.408 e. The van der Waals surface area contributed by atoms with Gasteiger partial charge in [-0.15, -0.1) is 0 Å². The van der Waals surface area contributed by atoms with Crippen LogP contribution in [0, 0.1) is 5.92 Å². The van der Waals surface area contributed by atoms with Gasteiger partial charge in [0, 0.05) is 6.08 Å². The van der Waals surface area contributed by atoms with E-state index in [1.54, 1.807) is 26.8 Å². The molecule has 0 fully saturated rings. The van der Waals surface area contributed by atoms with E-state index in [9.17, 15) is 9.59 Å². The van der Waals surface area contributed by atoms with Crippen molar-refractivity contribution in [3.63, 3.8) is 0 Å². The highest BCUT2D eigenvalue weighted by atomic mass is 16.6. The molecule has 1 N–H and O–H groups in total. The van der Waals surface area contributed by atoms with Crippen LogP contribution >= 0.6 is 0 Å². The molecule has 5 nitrogen and oxygen atoms in total. The molecule has 0 saturated carbocycles. The second kappa shape index (κ2) is 7.81. The molecule has 110 valence electrons. The number of nitrogens with one attached hydrogen (secondary N) is 1.